The second kappa shape index (κ2) is 2.96. The molecule has 11 heavy (non-hydrogen) atoms. The molecule has 1 aromatic heterocycles. The van der Waals surface area contributed by atoms with Crippen molar-refractivity contribution in [2.75, 3.05) is 5.73 Å². The van der Waals surface area contributed by atoms with Crippen LogP contribution in [0.3, 0.4) is 0 Å². The Kier molecular flexibility index (Phi) is 2.00. The lowest BCUT2D eigenvalue weighted by Gasteiger charge is -1.97. The quantitative estimate of drug-likeness (QED) is 0.341. The molecule has 3 N–H and O–H groups in total. The van der Waals surface area contributed by atoms with Gasteiger partial charge in [0.25, 0.3) is 0 Å². The molecule has 0 unspecified atom stereocenters. The molecular weight excluding hydrogens is 144 g/mol. The summed E-state index contributed by atoms with van der Waals surface area (Å²) in [4.78, 5) is 7.72. The minimum atomic E-state index is 0.315. The van der Waals surface area contributed by atoms with Gasteiger partial charge in [0, 0.05) is 6.20 Å². The van der Waals surface area contributed by atoms with Crippen molar-refractivity contribution >= 4 is 12.0 Å². The van der Waals surface area contributed by atoms with Crippen LogP contribution in [0.5, 0.6) is 0 Å². The van der Waals surface area contributed by atoms with Crippen LogP contribution in [0.25, 0.3) is 0 Å². The first kappa shape index (κ1) is 7.46. The summed E-state index contributed by atoms with van der Waals surface area (Å²) >= 11 is 0. The van der Waals surface area contributed by atoms with Gasteiger partial charge in [-0.2, -0.15) is 0 Å². The summed E-state index contributed by atoms with van der Waals surface area (Å²) < 4.78 is 0. The molecule has 0 aliphatic rings. The second-order valence-corrected chi connectivity index (χ2v) is 2.00. The van der Waals surface area contributed by atoms with Gasteiger partial charge >= 0.3 is 0 Å². The monoisotopic (exact) mass is 152 g/mol. The van der Waals surface area contributed by atoms with Crippen LogP contribution >= 0.6 is 0 Å². The van der Waals surface area contributed by atoms with E-state index in [1.807, 2.05) is 0 Å². The molecule has 5 heteroatoms. The Morgan fingerprint density at radius 1 is 1.73 bits per heavy atom. The SMILES string of the molecule is Cc1ncc(C=NO)c(N)n1. The highest BCUT2D eigenvalue weighted by molar-refractivity contribution is 5.84. The number of anilines is 1. The van der Waals surface area contributed by atoms with E-state index >= 15 is 0 Å². The summed E-state index contributed by atoms with van der Waals surface area (Å²) in [6.07, 6.45) is 2.69. The molecule has 0 atom stereocenters. The fraction of sp³-hybridized carbons (Fsp3) is 0.167. The zero-order chi connectivity index (χ0) is 8.27. The normalized spacial score (nSPS) is 10.6. The van der Waals surface area contributed by atoms with E-state index in [2.05, 4.69) is 15.1 Å². The molecule has 5 nitrogen and oxygen atoms in total. The van der Waals surface area contributed by atoms with Crippen molar-refractivity contribution in [3.8, 4) is 0 Å². The molecule has 0 saturated carbocycles. The van der Waals surface area contributed by atoms with Gasteiger partial charge < -0.3 is 10.9 Å². The fourth-order valence-corrected chi connectivity index (χ4v) is 0.659. The van der Waals surface area contributed by atoms with Crippen molar-refractivity contribution in [3.05, 3.63) is 17.6 Å². The molecule has 0 radical (unpaired) electrons. The predicted octanol–water partition coefficient (Wildman–Crippen LogP) is 0.175. The number of nitrogens with zero attached hydrogens (tertiary/aromatic N) is 3. The summed E-state index contributed by atoms with van der Waals surface area (Å²) in [5.74, 6) is 0.910. The predicted molar refractivity (Wildman–Crippen MR) is 40.6 cm³/mol. The largest absolute Gasteiger partial charge is 0.411 e. The Labute approximate surface area is 63.6 Å². The summed E-state index contributed by atoms with van der Waals surface area (Å²) in [5.41, 5.74) is 5.97. The van der Waals surface area contributed by atoms with Crippen LogP contribution in [0.2, 0.25) is 0 Å². The van der Waals surface area contributed by atoms with Gasteiger partial charge in [-0.3, -0.25) is 0 Å². The zero-order valence-electron chi connectivity index (χ0n) is 6.02. The molecule has 1 aromatic rings. The fourth-order valence-electron chi connectivity index (χ4n) is 0.659. The molecule has 0 amide bonds. The maximum atomic E-state index is 8.17. The molecule has 1 heterocycles. The van der Waals surface area contributed by atoms with Gasteiger partial charge in [0.1, 0.15) is 11.6 Å². The molecule has 1 rings (SSSR count). The maximum absolute atomic E-state index is 8.17. The van der Waals surface area contributed by atoms with Gasteiger partial charge in [0.2, 0.25) is 0 Å². The van der Waals surface area contributed by atoms with Crippen molar-refractivity contribution in [1.82, 2.24) is 9.97 Å². The van der Waals surface area contributed by atoms with E-state index in [0.717, 1.165) is 0 Å². The standard InChI is InChI=1S/C6H8N4O/c1-4-8-2-5(3-9-11)6(7)10-4/h2-3,11H,1H3,(H2,7,8,10). The summed E-state index contributed by atoms with van der Waals surface area (Å²) in [5, 5.41) is 11.0. The lowest BCUT2D eigenvalue weighted by atomic mass is 10.3. The van der Waals surface area contributed by atoms with Crippen molar-refractivity contribution < 1.29 is 5.21 Å². The van der Waals surface area contributed by atoms with Crippen molar-refractivity contribution in [3.63, 3.8) is 0 Å². The third kappa shape index (κ3) is 1.64. The lowest BCUT2D eigenvalue weighted by molar-refractivity contribution is 0.322. The van der Waals surface area contributed by atoms with Gasteiger partial charge in [-0.15, -0.1) is 0 Å². The van der Waals surface area contributed by atoms with Crippen LogP contribution < -0.4 is 5.73 Å². The number of aromatic nitrogens is 2. The van der Waals surface area contributed by atoms with Crippen LogP contribution in [0.1, 0.15) is 11.4 Å². The number of nitrogen functional groups attached to an aromatic ring is 1. The Morgan fingerprint density at radius 3 is 3.00 bits per heavy atom. The van der Waals surface area contributed by atoms with E-state index in [4.69, 9.17) is 10.9 Å². The first-order valence-corrected chi connectivity index (χ1v) is 3.00. The second-order valence-electron chi connectivity index (χ2n) is 2.00. The first-order chi connectivity index (χ1) is 5.24. The van der Waals surface area contributed by atoms with Gasteiger partial charge in [-0.05, 0) is 6.92 Å². The third-order valence-corrected chi connectivity index (χ3v) is 1.17. The highest BCUT2D eigenvalue weighted by Crippen LogP contribution is 2.02. The number of nitrogens with two attached hydrogens (primary N) is 1. The topological polar surface area (TPSA) is 84.4 Å². The average molecular weight is 152 g/mol. The van der Waals surface area contributed by atoms with E-state index in [-0.39, 0.29) is 0 Å². The first-order valence-electron chi connectivity index (χ1n) is 3.00. The van der Waals surface area contributed by atoms with Crippen LogP contribution in [0.15, 0.2) is 11.4 Å². The Morgan fingerprint density at radius 2 is 2.45 bits per heavy atom. The van der Waals surface area contributed by atoms with E-state index < -0.39 is 0 Å². The molecule has 0 aromatic carbocycles. The van der Waals surface area contributed by atoms with Crippen LogP contribution in [0.4, 0.5) is 5.82 Å². The highest BCUT2D eigenvalue weighted by atomic mass is 16.4. The van der Waals surface area contributed by atoms with Crippen LogP contribution in [0, 0.1) is 6.92 Å². The van der Waals surface area contributed by atoms with Gasteiger partial charge in [0.15, 0.2) is 0 Å². The van der Waals surface area contributed by atoms with E-state index in [1.165, 1.54) is 12.4 Å². The van der Waals surface area contributed by atoms with Crippen LogP contribution in [-0.4, -0.2) is 21.4 Å². The minimum absolute atomic E-state index is 0.315. The number of hydrogen-bond acceptors (Lipinski definition) is 5. The molecular formula is C6H8N4O. The minimum Gasteiger partial charge on any atom is -0.411 e. The zero-order valence-corrected chi connectivity index (χ0v) is 6.02. The Bertz CT molecular complexity index is 284. The van der Waals surface area contributed by atoms with Crippen molar-refractivity contribution in [1.29, 1.82) is 0 Å². The number of oxime groups is 1. The van der Waals surface area contributed by atoms with Gasteiger partial charge in [-0.25, -0.2) is 9.97 Å². The van der Waals surface area contributed by atoms with E-state index in [0.29, 0.717) is 17.2 Å². The Hall–Kier alpha value is -1.65. The molecule has 0 spiro atoms. The molecule has 58 valence electrons. The maximum Gasteiger partial charge on any atom is 0.136 e. The number of rotatable bonds is 1. The Balaban J connectivity index is 3.09. The molecule has 0 bridgehead atoms. The van der Waals surface area contributed by atoms with Crippen LogP contribution in [-0.2, 0) is 0 Å². The molecule has 0 aliphatic heterocycles. The number of aryl methyl sites for hydroxylation is 1. The molecule has 0 aliphatic carbocycles. The lowest BCUT2D eigenvalue weighted by Crippen LogP contribution is -2.00. The summed E-state index contributed by atoms with van der Waals surface area (Å²) in [6.45, 7) is 1.73. The van der Waals surface area contributed by atoms with Crippen molar-refractivity contribution in [2.24, 2.45) is 5.16 Å². The third-order valence-electron chi connectivity index (χ3n) is 1.17. The smallest absolute Gasteiger partial charge is 0.136 e. The average Bonchev–Trinajstić information content (AvgIpc) is 1.95. The summed E-state index contributed by atoms with van der Waals surface area (Å²) in [6, 6.07) is 0. The van der Waals surface area contributed by atoms with E-state index in [9.17, 15) is 0 Å². The number of hydrogen-bond donors (Lipinski definition) is 2. The highest BCUT2D eigenvalue weighted by Gasteiger charge is 1.97. The molecule has 0 fully saturated rings. The van der Waals surface area contributed by atoms with Crippen molar-refractivity contribution in [2.45, 2.75) is 6.92 Å². The summed E-state index contributed by atoms with van der Waals surface area (Å²) in [7, 11) is 0. The molecule has 0 saturated heterocycles. The van der Waals surface area contributed by atoms with Gasteiger partial charge in [0.05, 0.1) is 11.8 Å². The van der Waals surface area contributed by atoms with E-state index in [1.54, 1.807) is 6.92 Å². The van der Waals surface area contributed by atoms with Gasteiger partial charge in [-0.1, -0.05) is 5.16 Å².